The highest BCUT2D eigenvalue weighted by molar-refractivity contribution is 5.36. The molecule has 100 valence electrons. The molecule has 0 saturated heterocycles. The lowest BCUT2D eigenvalue weighted by Crippen LogP contribution is -2.34. The Morgan fingerprint density at radius 2 is 2.11 bits per heavy atom. The summed E-state index contributed by atoms with van der Waals surface area (Å²) >= 11 is 0. The van der Waals surface area contributed by atoms with Gasteiger partial charge in [-0.25, -0.2) is 8.78 Å². The van der Waals surface area contributed by atoms with Crippen LogP contribution in [0.5, 0.6) is 0 Å². The summed E-state index contributed by atoms with van der Waals surface area (Å²) in [5.41, 5.74) is 7.03. The summed E-state index contributed by atoms with van der Waals surface area (Å²) in [6, 6.07) is 2.22. The maximum absolute atomic E-state index is 13.8. The lowest BCUT2D eigenvalue weighted by molar-refractivity contribution is 0.195. The van der Waals surface area contributed by atoms with Gasteiger partial charge in [0, 0.05) is 37.8 Å². The predicted molar refractivity (Wildman–Crippen MR) is 67.1 cm³/mol. The summed E-state index contributed by atoms with van der Waals surface area (Å²) in [6.07, 6.45) is 0. The Labute approximate surface area is 106 Å². The van der Waals surface area contributed by atoms with Gasteiger partial charge in [0.25, 0.3) is 0 Å². The number of hydrogen-bond acceptors (Lipinski definition) is 3. The number of rotatable bonds is 4. The van der Waals surface area contributed by atoms with E-state index in [9.17, 15) is 8.78 Å². The van der Waals surface area contributed by atoms with E-state index in [-0.39, 0.29) is 6.04 Å². The maximum atomic E-state index is 13.8. The Hall–Kier alpha value is -1.04. The fourth-order valence-corrected chi connectivity index (χ4v) is 2.48. The number of fused-ring (bicyclic) bond motifs is 1. The molecule has 1 unspecified atom stereocenters. The van der Waals surface area contributed by atoms with Crippen molar-refractivity contribution in [1.82, 2.24) is 9.80 Å². The second-order valence-corrected chi connectivity index (χ2v) is 4.99. The van der Waals surface area contributed by atoms with Crippen LogP contribution in [0, 0.1) is 11.6 Å². The quantitative estimate of drug-likeness (QED) is 0.881. The molecule has 1 aliphatic heterocycles. The highest BCUT2D eigenvalue weighted by Crippen LogP contribution is 2.35. The van der Waals surface area contributed by atoms with E-state index in [1.54, 1.807) is 0 Å². The number of likely N-dealkylation sites (N-methyl/N-ethyl adjacent to an activating group) is 1. The molecule has 0 aliphatic carbocycles. The van der Waals surface area contributed by atoms with Crippen LogP contribution in [0.4, 0.5) is 8.78 Å². The summed E-state index contributed by atoms with van der Waals surface area (Å²) < 4.78 is 27.0. The summed E-state index contributed by atoms with van der Waals surface area (Å²) in [5.74, 6) is -0.996. The minimum absolute atomic E-state index is 0.138. The highest BCUT2D eigenvalue weighted by Gasteiger charge is 2.32. The van der Waals surface area contributed by atoms with Crippen molar-refractivity contribution in [3.63, 3.8) is 0 Å². The molecule has 1 aliphatic rings. The van der Waals surface area contributed by atoms with Crippen LogP contribution < -0.4 is 5.73 Å². The molecule has 3 nitrogen and oxygen atoms in total. The van der Waals surface area contributed by atoms with Gasteiger partial charge in [0.15, 0.2) is 0 Å². The zero-order valence-electron chi connectivity index (χ0n) is 10.8. The first kappa shape index (κ1) is 13.4. The molecule has 0 fully saturated rings. The van der Waals surface area contributed by atoms with Crippen LogP contribution in [0.3, 0.4) is 0 Å². The zero-order chi connectivity index (χ0) is 13.3. The first-order valence-electron chi connectivity index (χ1n) is 6.09. The van der Waals surface area contributed by atoms with E-state index >= 15 is 0 Å². The maximum Gasteiger partial charge on any atom is 0.131 e. The largest absolute Gasteiger partial charge is 0.329 e. The molecule has 0 aromatic heterocycles. The predicted octanol–water partition coefficient (Wildman–Crippen LogP) is 1.34. The van der Waals surface area contributed by atoms with Gasteiger partial charge in [0.2, 0.25) is 0 Å². The van der Waals surface area contributed by atoms with Gasteiger partial charge >= 0.3 is 0 Å². The minimum atomic E-state index is -0.517. The standard InChI is InChI=1S/C13H19F2N3/c1-17(2)3-4-18-8-9-5-10(14)6-11(15)13(9)12(18)7-16/h5-6,12H,3-4,7-8,16H2,1-2H3. The monoisotopic (exact) mass is 255 g/mol. The summed E-state index contributed by atoms with van der Waals surface area (Å²) in [7, 11) is 3.97. The van der Waals surface area contributed by atoms with E-state index in [2.05, 4.69) is 9.80 Å². The van der Waals surface area contributed by atoms with Crippen molar-refractivity contribution in [2.45, 2.75) is 12.6 Å². The van der Waals surface area contributed by atoms with E-state index in [1.165, 1.54) is 6.07 Å². The lowest BCUT2D eigenvalue weighted by atomic mass is 10.0. The Morgan fingerprint density at radius 3 is 2.72 bits per heavy atom. The Balaban J connectivity index is 2.23. The Kier molecular flexibility index (Phi) is 3.94. The third-order valence-electron chi connectivity index (χ3n) is 3.39. The second kappa shape index (κ2) is 5.30. The Morgan fingerprint density at radius 1 is 1.39 bits per heavy atom. The molecule has 2 rings (SSSR count). The second-order valence-electron chi connectivity index (χ2n) is 4.99. The van der Waals surface area contributed by atoms with Crippen molar-refractivity contribution in [1.29, 1.82) is 0 Å². The van der Waals surface area contributed by atoms with Crippen molar-refractivity contribution in [2.24, 2.45) is 5.73 Å². The van der Waals surface area contributed by atoms with Crippen LogP contribution in [0.15, 0.2) is 12.1 Å². The normalized spacial score (nSPS) is 19.6. The van der Waals surface area contributed by atoms with Gasteiger partial charge in [0.1, 0.15) is 11.6 Å². The van der Waals surface area contributed by atoms with Crippen molar-refractivity contribution in [3.8, 4) is 0 Å². The third kappa shape index (κ3) is 2.53. The van der Waals surface area contributed by atoms with E-state index in [1.807, 2.05) is 14.1 Å². The number of hydrogen-bond donors (Lipinski definition) is 1. The number of nitrogens with two attached hydrogens (primary N) is 1. The average molecular weight is 255 g/mol. The number of nitrogens with zero attached hydrogens (tertiary/aromatic N) is 2. The van der Waals surface area contributed by atoms with E-state index < -0.39 is 11.6 Å². The lowest BCUT2D eigenvalue weighted by Gasteiger charge is -2.25. The molecule has 0 radical (unpaired) electrons. The van der Waals surface area contributed by atoms with E-state index in [0.717, 1.165) is 24.7 Å². The van der Waals surface area contributed by atoms with E-state index in [0.29, 0.717) is 18.7 Å². The molecular weight excluding hydrogens is 236 g/mol. The van der Waals surface area contributed by atoms with Gasteiger partial charge in [-0.05, 0) is 25.7 Å². The molecule has 1 aromatic carbocycles. The summed E-state index contributed by atoms with van der Waals surface area (Å²) in [5, 5.41) is 0. The zero-order valence-corrected chi connectivity index (χ0v) is 10.8. The van der Waals surface area contributed by atoms with Gasteiger partial charge in [-0.2, -0.15) is 0 Å². The van der Waals surface area contributed by atoms with Gasteiger partial charge in [-0.3, -0.25) is 4.90 Å². The van der Waals surface area contributed by atoms with Crippen LogP contribution in [-0.4, -0.2) is 43.5 Å². The van der Waals surface area contributed by atoms with Crippen molar-refractivity contribution < 1.29 is 8.78 Å². The molecule has 1 atom stereocenters. The fraction of sp³-hybridized carbons (Fsp3) is 0.538. The van der Waals surface area contributed by atoms with Crippen LogP contribution in [0.1, 0.15) is 17.2 Å². The molecule has 18 heavy (non-hydrogen) atoms. The van der Waals surface area contributed by atoms with Crippen molar-refractivity contribution in [2.75, 3.05) is 33.7 Å². The van der Waals surface area contributed by atoms with Crippen molar-refractivity contribution in [3.05, 3.63) is 34.9 Å². The van der Waals surface area contributed by atoms with Gasteiger partial charge in [-0.15, -0.1) is 0 Å². The molecule has 0 spiro atoms. The molecule has 1 heterocycles. The SMILES string of the molecule is CN(C)CCN1Cc2cc(F)cc(F)c2C1CN. The topological polar surface area (TPSA) is 32.5 Å². The Bertz CT molecular complexity index is 434. The third-order valence-corrected chi connectivity index (χ3v) is 3.39. The van der Waals surface area contributed by atoms with Gasteiger partial charge in [-0.1, -0.05) is 0 Å². The molecule has 5 heteroatoms. The van der Waals surface area contributed by atoms with Gasteiger partial charge in [0.05, 0.1) is 6.04 Å². The average Bonchev–Trinajstić information content (AvgIpc) is 2.63. The van der Waals surface area contributed by atoms with Crippen LogP contribution in [-0.2, 0) is 6.54 Å². The van der Waals surface area contributed by atoms with Crippen LogP contribution in [0.25, 0.3) is 0 Å². The molecular formula is C13H19F2N3. The van der Waals surface area contributed by atoms with Crippen LogP contribution >= 0.6 is 0 Å². The fourth-order valence-electron chi connectivity index (χ4n) is 2.48. The summed E-state index contributed by atoms with van der Waals surface area (Å²) in [4.78, 5) is 4.17. The van der Waals surface area contributed by atoms with Crippen LogP contribution in [0.2, 0.25) is 0 Å². The van der Waals surface area contributed by atoms with Crippen molar-refractivity contribution >= 4 is 0 Å². The smallest absolute Gasteiger partial charge is 0.131 e. The minimum Gasteiger partial charge on any atom is -0.329 e. The van der Waals surface area contributed by atoms with E-state index in [4.69, 9.17) is 5.73 Å². The molecule has 0 saturated carbocycles. The molecule has 2 N–H and O–H groups in total. The first-order valence-corrected chi connectivity index (χ1v) is 6.09. The highest BCUT2D eigenvalue weighted by atomic mass is 19.1. The number of benzene rings is 1. The molecule has 1 aromatic rings. The first-order chi connectivity index (χ1) is 8.52. The molecule has 0 bridgehead atoms. The summed E-state index contributed by atoms with van der Waals surface area (Å²) in [6.45, 7) is 2.59. The molecule has 0 amide bonds. The van der Waals surface area contributed by atoms with Gasteiger partial charge < -0.3 is 10.6 Å². The number of halogens is 2.